The molecule has 2 unspecified atom stereocenters. The fourth-order valence-corrected chi connectivity index (χ4v) is 7.54. The molecule has 1 saturated heterocycles. The maximum atomic E-state index is 13.8. The number of rotatable bonds is 34. The topological polar surface area (TPSA) is 202 Å². The minimum Gasteiger partial charge on any atom is -0.394 e. The van der Waals surface area contributed by atoms with E-state index in [2.05, 4.69) is 13.8 Å². The summed E-state index contributed by atoms with van der Waals surface area (Å²) in [6.07, 6.45) is 19.2. The number of hydrogen-bond donors (Lipinski definition) is 7. The second-order valence-corrected chi connectivity index (χ2v) is 15.3. The Bertz CT molecular complexity index is 976. The van der Waals surface area contributed by atoms with Crippen LogP contribution in [-0.4, -0.2) is 102 Å². The predicted molar refractivity (Wildman–Crippen MR) is 202 cm³/mol. The first kappa shape index (κ1) is 48.7. The van der Waals surface area contributed by atoms with Gasteiger partial charge >= 0.3 is 0 Å². The van der Waals surface area contributed by atoms with Crippen LogP contribution < -0.4 is 0 Å². The molecule has 306 valence electrons. The van der Waals surface area contributed by atoms with Crippen LogP contribution in [0.5, 0.6) is 0 Å². The lowest BCUT2D eigenvalue weighted by Crippen LogP contribution is -2.86. The fraction of sp³-hybridized carbons (Fsp3) is 0.927. The van der Waals surface area contributed by atoms with Crippen LogP contribution in [0.3, 0.4) is 0 Å². The van der Waals surface area contributed by atoms with E-state index < -0.39 is 78.7 Å². The van der Waals surface area contributed by atoms with Gasteiger partial charge in [0, 0.05) is 12.8 Å². The quantitative estimate of drug-likeness (QED) is 0.0386. The molecule has 52 heavy (non-hydrogen) atoms. The molecule has 0 radical (unpaired) electrons. The van der Waals surface area contributed by atoms with Crippen molar-refractivity contribution in [1.82, 2.24) is 0 Å². The van der Waals surface area contributed by atoms with E-state index in [1.807, 2.05) is 0 Å². The number of unbranched alkanes of at least 4 members (excludes halogenated alkanes) is 24. The van der Waals surface area contributed by atoms with Crippen molar-refractivity contribution in [2.24, 2.45) is 0 Å². The molecule has 0 aromatic heterocycles. The van der Waals surface area contributed by atoms with E-state index >= 15 is 0 Å². The van der Waals surface area contributed by atoms with Crippen molar-refractivity contribution in [3.63, 3.8) is 0 Å². The monoisotopic (exact) mass is 745 g/mol. The van der Waals surface area contributed by atoms with Gasteiger partial charge in [0.15, 0.2) is 17.2 Å². The Kier molecular flexibility index (Phi) is 25.6. The number of ketones is 3. The molecule has 1 aliphatic rings. The molecule has 0 aromatic carbocycles. The van der Waals surface area contributed by atoms with Gasteiger partial charge in [-0.15, -0.1) is 0 Å². The highest BCUT2D eigenvalue weighted by molar-refractivity contribution is 6.07. The van der Waals surface area contributed by atoms with Gasteiger partial charge in [0.1, 0.15) is 18.3 Å². The van der Waals surface area contributed by atoms with Gasteiger partial charge in [-0.1, -0.05) is 168 Å². The predicted octanol–water partition coefficient (Wildman–Crippen LogP) is 5.91. The van der Waals surface area contributed by atoms with E-state index in [0.29, 0.717) is 12.8 Å². The summed E-state index contributed by atoms with van der Waals surface area (Å²) in [5.41, 5.74) is -7.19. The molecule has 0 spiro atoms. The minimum absolute atomic E-state index is 0.189. The third-order valence-electron chi connectivity index (χ3n) is 11.0. The third kappa shape index (κ3) is 14.4. The second-order valence-electron chi connectivity index (χ2n) is 15.3. The van der Waals surface area contributed by atoms with Crippen LogP contribution >= 0.6 is 0 Å². The van der Waals surface area contributed by atoms with Gasteiger partial charge in [-0.2, -0.15) is 0 Å². The number of Topliss-reactive ketones (excluding diaryl/α,β-unsaturated/α-hetero) is 3. The summed E-state index contributed by atoms with van der Waals surface area (Å²) in [7, 11) is 0. The molecule has 1 fully saturated rings. The summed E-state index contributed by atoms with van der Waals surface area (Å²) in [6, 6.07) is 0. The number of aliphatic hydroxyl groups is 7. The molecule has 0 bridgehead atoms. The van der Waals surface area contributed by atoms with Gasteiger partial charge in [-0.05, 0) is 12.8 Å². The van der Waals surface area contributed by atoms with Crippen LogP contribution in [0.15, 0.2) is 0 Å². The summed E-state index contributed by atoms with van der Waals surface area (Å²) in [5.74, 6) is -8.06. The Labute approximate surface area is 313 Å². The summed E-state index contributed by atoms with van der Waals surface area (Å²) in [5, 5.41) is 76.2. The van der Waals surface area contributed by atoms with Gasteiger partial charge in [-0.25, -0.2) is 0 Å². The first-order valence-electron chi connectivity index (χ1n) is 21.0. The average molecular weight is 745 g/mol. The largest absolute Gasteiger partial charge is 0.394 e. The summed E-state index contributed by atoms with van der Waals surface area (Å²) in [4.78, 5) is 40.8. The second kappa shape index (κ2) is 27.3. The van der Waals surface area contributed by atoms with Gasteiger partial charge in [0.05, 0.1) is 13.2 Å². The lowest BCUT2D eigenvalue weighted by Gasteiger charge is -2.56. The highest BCUT2D eigenvalue weighted by atomic mass is 16.7. The zero-order valence-electron chi connectivity index (χ0n) is 32.7. The molecule has 1 aliphatic heterocycles. The number of hydrogen-bond acceptors (Lipinski definition) is 11. The number of carbonyl (C=O) groups excluding carboxylic acids is 3. The van der Waals surface area contributed by atoms with Gasteiger partial charge in [0.2, 0.25) is 11.4 Å². The van der Waals surface area contributed by atoms with Crippen molar-refractivity contribution < 1.29 is 54.9 Å². The smallest absolute Gasteiger partial charge is 0.270 e. The molecule has 1 rings (SSSR count). The Morgan fingerprint density at radius 3 is 1.21 bits per heavy atom. The number of carbonyl (C=O) groups is 3. The Hall–Kier alpha value is -1.31. The molecule has 1 heterocycles. The maximum Gasteiger partial charge on any atom is 0.270 e. The highest BCUT2D eigenvalue weighted by Crippen LogP contribution is 2.47. The minimum atomic E-state index is -3.75. The van der Waals surface area contributed by atoms with Crippen LogP contribution in [0.1, 0.15) is 194 Å². The van der Waals surface area contributed by atoms with E-state index in [9.17, 15) is 50.1 Å². The van der Waals surface area contributed by atoms with E-state index in [1.165, 1.54) is 89.9 Å². The van der Waals surface area contributed by atoms with E-state index in [1.54, 1.807) is 0 Å². The van der Waals surface area contributed by atoms with Crippen molar-refractivity contribution in [3.05, 3.63) is 0 Å². The van der Waals surface area contributed by atoms with Crippen LogP contribution in [0, 0.1) is 0 Å². The molecule has 0 amide bonds. The van der Waals surface area contributed by atoms with Gasteiger partial charge in [-0.3, -0.25) is 14.4 Å². The molecule has 0 aromatic rings. The van der Waals surface area contributed by atoms with Gasteiger partial charge < -0.3 is 40.5 Å². The van der Waals surface area contributed by atoms with Crippen molar-refractivity contribution in [3.8, 4) is 0 Å². The molecule has 11 nitrogen and oxygen atoms in total. The summed E-state index contributed by atoms with van der Waals surface area (Å²) < 4.78 is 5.20. The molecule has 6 atom stereocenters. The Morgan fingerprint density at radius 2 is 0.885 bits per heavy atom. The van der Waals surface area contributed by atoms with Crippen molar-refractivity contribution in [1.29, 1.82) is 0 Å². The van der Waals surface area contributed by atoms with Crippen molar-refractivity contribution in [2.45, 2.75) is 229 Å². The first-order chi connectivity index (χ1) is 24.9. The zero-order chi connectivity index (χ0) is 38.9. The summed E-state index contributed by atoms with van der Waals surface area (Å²) in [6.45, 7) is 2.07. The number of aliphatic hydroxyl groups excluding tert-OH is 4. The number of ether oxygens (including phenoxy) is 1. The normalized spacial score (nSPS) is 25.3. The van der Waals surface area contributed by atoms with Gasteiger partial charge in [0.25, 0.3) is 5.79 Å². The molecule has 0 aliphatic carbocycles. The lowest BCUT2D eigenvalue weighted by molar-refractivity contribution is -0.377. The SMILES string of the molecule is CCCCCCCCCCCCCCCC(=O)[C@]1(O)[C@H](O)[C@@H](CO)OC(O)(C(=O)C(O)CO)[C@@]1(O)C(=O)CCCCCCCCCCCCCCC. The molecular formula is C41H76O11. The van der Waals surface area contributed by atoms with Crippen LogP contribution in [0.25, 0.3) is 0 Å². The molecule has 0 saturated carbocycles. The average Bonchev–Trinajstić information content (AvgIpc) is 3.14. The fourth-order valence-electron chi connectivity index (χ4n) is 7.54. The molecule has 11 heteroatoms. The van der Waals surface area contributed by atoms with E-state index in [0.717, 1.165) is 51.4 Å². The third-order valence-corrected chi connectivity index (χ3v) is 11.0. The summed E-state index contributed by atoms with van der Waals surface area (Å²) >= 11 is 0. The van der Waals surface area contributed by atoms with Crippen molar-refractivity contribution >= 4 is 17.3 Å². The van der Waals surface area contributed by atoms with Crippen LogP contribution in [-0.2, 0) is 19.1 Å². The Morgan fingerprint density at radius 1 is 0.558 bits per heavy atom. The molecular weight excluding hydrogens is 668 g/mol. The highest BCUT2D eigenvalue weighted by Gasteiger charge is 2.79. The van der Waals surface area contributed by atoms with E-state index in [4.69, 9.17) is 4.74 Å². The van der Waals surface area contributed by atoms with Crippen LogP contribution in [0.4, 0.5) is 0 Å². The maximum absolute atomic E-state index is 13.8. The first-order valence-corrected chi connectivity index (χ1v) is 21.0. The lowest BCUT2D eigenvalue weighted by atomic mass is 9.62. The van der Waals surface area contributed by atoms with Crippen molar-refractivity contribution in [2.75, 3.05) is 13.2 Å². The molecule has 7 N–H and O–H groups in total. The zero-order valence-corrected chi connectivity index (χ0v) is 32.7. The standard InChI is InChI=1S/C41H76O11/c1-3-5-7-9-11-13-15-17-19-21-23-25-27-29-35(45)39(49)38(48)34(32-43)52-41(51,37(47)33(44)31-42)40(39,50)36(46)30-28-26-24-22-20-18-16-14-12-10-8-6-4-2/h33-34,38,42-44,48-51H,3-32H2,1-2H3/t33?,34-,38-,39+,40-,41?/m1/s1. The van der Waals surface area contributed by atoms with E-state index in [-0.39, 0.29) is 12.8 Å². The van der Waals surface area contributed by atoms with Crippen LogP contribution in [0.2, 0.25) is 0 Å². The Balaban J connectivity index is 2.86.